The molecule has 4 aromatic rings. The first kappa shape index (κ1) is 46.8. The molecule has 18 heteroatoms. The van der Waals surface area contributed by atoms with Crippen LogP contribution in [0, 0.1) is 5.41 Å². The zero-order chi connectivity index (χ0) is 49.6. The fourth-order valence-corrected chi connectivity index (χ4v) is 13.0. The minimum atomic E-state index is -0.989. The third-order valence-corrected chi connectivity index (χ3v) is 16.5. The quantitative estimate of drug-likeness (QED) is 0.205. The number of aryl methyl sites for hydroxylation is 1. The van der Waals surface area contributed by atoms with Crippen LogP contribution in [0.5, 0.6) is 0 Å². The van der Waals surface area contributed by atoms with Gasteiger partial charge in [-0.1, -0.05) is 13.8 Å². The van der Waals surface area contributed by atoms with Gasteiger partial charge in [-0.25, -0.2) is 4.98 Å². The molecule has 11 rings (SSSR count). The number of aliphatic hydroxyl groups excluding tert-OH is 1. The van der Waals surface area contributed by atoms with Gasteiger partial charge in [0.25, 0.3) is 23.3 Å². The normalized spacial score (nSPS) is 25.4. The Kier molecular flexibility index (Phi) is 11.8. The highest BCUT2D eigenvalue weighted by Crippen LogP contribution is 2.41. The molecule has 71 heavy (non-hydrogen) atoms. The Bertz CT molecular complexity index is 2880. The van der Waals surface area contributed by atoms with Gasteiger partial charge in [0.05, 0.1) is 46.9 Å². The highest BCUT2D eigenvalue weighted by Gasteiger charge is 2.46. The second kappa shape index (κ2) is 17.9. The number of hydrogen-bond donors (Lipinski definition) is 3. The molecule has 0 bridgehead atoms. The molecule has 374 valence electrons. The van der Waals surface area contributed by atoms with E-state index in [0.717, 1.165) is 105 Å². The molecule has 7 aliphatic rings. The van der Waals surface area contributed by atoms with Crippen LogP contribution < -0.4 is 30.9 Å². The molecule has 1 unspecified atom stereocenters. The van der Waals surface area contributed by atoms with Gasteiger partial charge in [-0.3, -0.25) is 43.9 Å². The topological polar surface area (TPSA) is 189 Å². The van der Waals surface area contributed by atoms with E-state index in [1.165, 1.54) is 11.3 Å². The van der Waals surface area contributed by atoms with Crippen LogP contribution in [-0.2, 0) is 36.0 Å². The number of amides is 5. The number of fused-ring (bicyclic) bond motifs is 4. The van der Waals surface area contributed by atoms with E-state index in [-0.39, 0.29) is 53.4 Å². The van der Waals surface area contributed by atoms with Crippen LogP contribution >= 0.6 is 0 Å². The molecule has 5 amide bonds. The molecule has 1 aliphatic carbocycles. The number of nitrogens with one attached hydrogen (secondary N) is 2. The monoisotopic (exact) mass is 968 g/mol. The lowest BCUT2D eigenvalue weighted by Gasteiger charge is -2.49. The van der Waals surface area contributed by atoms with E-state index < -0.39 is 35.8 Å². The van der Waals surface area contributed by atoms with Crippen LogP contribution in [0.3, 0.4) is 0 Å². The van der Waals surface area contributed by atoms with Gasteiger partial charge >= 0.3 is 0 Å². The van der Waals surface area contributed by atoms with E-state index in [1.807, 2.05) is 41.6 Å². The molecule has 6 aliphatic heterocycles. The van der Waals surface area contributed by atoms with Crippen molar-refractivity contribution in [3.05, 3.63) is 93.3 Å². The van der Waals surface area contributed by atoms with Crippen LogP contribution in [-0.4, -0.2) is 146 Å². The lowest BCUT2D eigenvalue weighted by molar-refractivity contribution is -0.136. The number of aromatic nitrogens is 3. The summed E-state index contributed by atoms with van der Waals surface area (Å²) < 4.78 is 3.81. The Morgan fingerprint density at radius 1 is 0.789 bits per heavy atom. The van der Waals surface area contributed by atoms with Crippen LogP contribution in [0.15, 0.2) is 59.7 Å². The molecule has 5 atom stereocenters. The summed E-state index contributed by atoms with van der Waals surface area (Å²) in [7, 11) is 1.74. The van der Waals surface area contributed by atoms with Crippen LogP contribution in [0.4, 0.5) is 28.6 Å². The fourth-order valence-electron chi connectivity index (χ4n) is 13.0. The van der Waals surface area contributed by atoms with Gasteiger partial charge in [-0.05, 0) is 112 Å². The van der Waals surface area contributed by atoms with Crippen LogP contribution in [0.25, 0.3) is 0 Å². The second-order valence-electron chi connectivity index (χ2n) is 21.8. The Balaban J connectivity index is 0.707. The lowest BCUT2D eigenvalue weighted by atomic mass is 9.89. The third kappa shape index (κ3) is 8.35. The first-order chi connectivity index (χ1) is 34.0. The Labute approximate surface area is 413 Å². The molecule has 4 fully saturated rings. The minimum Gasteiger partial charge on any atom is -0.391 e. The first-order valence-corrected chi connectivity index (χ1v) is 25.6. The van der Waals surface area contributed by atoms with E-state index in [2.05, 4.69) is 61.6 Å². The summed E-state index contributed by atoms with van der Waals surface area (Å²) >= 11 is 0. The van der Waals surface area contributed by atoms with Gasteiger partial charge in [0.15, 0.2) is 0 Å². The number of aliphatic hydroxyl groups is 1. The number of carbonyl (C=O) groups excluding carboxylic acids is 5. The van der Waals surface area contributed by atoms with Crippen molar-refractivity contribution < 1.29 is 29.1 Å². The summed E-state index contributed by atoms with van der Waals surface area (Å²) in [6.07, 6.45) is 8.64. The second-order valence-corrected chi connectivity index (χ2v) is 21.8. The van der Waals surface area contributed by atoms with Crippen LogP contribution in [0.2, 0.25) is 0 Å². The molecule has 18 nitrogen and oxygen atoms in total. The number of hydrogen-bond acceptors (Lipinski definition) is 13. The number of piperidine rings is 3. The largest absolute Gasteiger partial charge is 0.391 e. The third-order valence-electron chi connectivity index (χ3n) is 16.5. The zero-order valence-corrected chi connectivity index (χ0v) is 41.4. The van der Waals surface area contributed by atoms with Crippen molar-refractivity contribution in [1.82, 2.24) is 34.1 Å². The molecule has 4 saturated heterocycles. The highest BCUT2D eigenvalue weighted by atomic mass is 16.3. The summed E-state index contributed by atoms with van der Waals surface area (Å²) in [6, 6.07) is 12.3. The van der Waals surface area contributed by atoms with E-state index in [1.54, 1.807) is 30.7 Å². The lowest BCUT2D eigenvalue weighted by Crippen LogP contribution is -2.62. The number of nitrogens with zero attached hydrogens (tertiary/aromatic N) is 9. The molecule has 0 spiro atoms. The number of carbonyl (C=O) groups is 5. The number of rotatable bonds is 9. The predicted molar refractivity (Wildman–Crippen MR) is 268 cm³/mol. The number of pyridine rings is 2. The molecule has 3 N–H and O–H groups in total. The average molecular weight is 968 g/mol. The van der Waals surface area contributed by atoms with Gasteiger partial charge < -0.3 is 39.2 Å². The van der Waals surface area contributed by atoms with Crippen molar-refractivity contribution >= 4 is 58.1 Å². The SMILES string of the molecule is C[C@@H](O)[C@H]1[C@H](N2CCn3c(cc4c3CC(C)(C)C4)C2=O)CCCN1c1cc(Nc2ccc(N3CCN(C4CCN(c5ccc6c(c5)C(=O)N(C5CCC(=O)NC5=O)C6=O)CC4)C[C@@H]3C)cn2)c(=O)n(C)c1. The maximum absolute atomic E-state index is 14.2. The van der Waals surface area contributed by atoms with Gasteiger partial charge in [0, 0.05) is 95.5 Å². The van der Waals surface area contributed by atoms with Crippen molar-refractivity contribution in [1.29, 1.82) is 0 Å². The molecule has 0 saturated carbocycles. The summed E-state index contributed by atoms with van der Waals surface area (Å²) in [5, 5.41) is 17.0. The highest BCUT2D eigenvalue weighted by molar-refractivity contribution is 6.23. The van der Waals surface area contributed by atoms with Crippen molar-refractivity contribution in [2.24, 2.45) is 12.5 Å². The molecule has 0 radical (unpaired) electrons. The van der Waals surface area contributed by atoms with Gasteiger partial charge in [0.2, 0.25) is 11.8 Å². The van der Waals surface area contributed by atoms with Gasteiger partial charge in [0.1, 0.15) is 23.2 Å². The number of imide groups is 2. The van der Waals surface area contributed by atoms with E-state index in [4.69, 9.17) is 4.98 Å². The molecular formula is C53H65N11O7. The molecular weight excluding hydrogens is 903 g/mol. The van der Waals surface area contributed by atoms with E-state index in [0.29, 0.717) is 36.2 Å². The van der Waals surface area contributed by atoms with Crippen molar-refractivity contribution in [3.63, 3.8) is 0 Å². The van der Waals surface area contributed by atoms with Gasteiger partial charge in [-0.15, -0.1) is 0 Å². The molecule has 3 aromatic heterocycles. The number of benzene rings is 1. The Morgan fingerprint density at radius 2 is 1.55 bits per heavy atom. The Morgan fingerprint density at radius 3 is 2.28 bits per heavy atom. The summed E-state index contributed by atoms with van der Waals surface area (Å²) in [5.41, 5.74) is 6.99. The Hall–Kier alpha value is -6.53. The van der Waals surface area contributed by atoms with Crippen LogP contribution in [0.1, 0.15) is 109 Å². The number of anilines is 5. The van der Waals surface area contributed by atoms with Gasteiger partial charge in [-0.2, -0.15) is 0 Å². The van der Waals surface area contributed by atoms with E-state index >= 15 is 0 Å². The summed E-state index contributed by atoms with van der Waals surface area (Å²) in [4.78, 5) is 96.0. The fraction of sp³-hybridized carbons (Fsp3) is 0.528. The number of piperazine rings is 1. The van der Waals surface area contributed by atoms with E-state index in [9.17, 15) is 33.9 Å². The smallest absolute Gasteiger partial charge is 0.274 e. The molecule has 9 heterocycles. The standard InChI is InChI=1S/C53H65N11O7/c1-31-29-59(34-14-17-58(18-15-34)35-8-10-38-39(24-35)50(69)64(49(38)68)42-11-13-46(66)56-48(42)67)19-20-60(31)36-9-12-45(54-28-36)55-40-25-37(30-57(5)51(40)70)61-16-6-7-41(47(61)32(2)65)63-22-21-62-43(52(63)71)23-33-26-53(3,4)27-44(33)62/h8-10,12,23-25,28,30-32,34,41-42,47,65H,6-7,11,13-22,26-27,29H2,1-5H3,(H,54,55)(H,56,66,67)/t31-,32+,41+,42?,47-/m0/s1. The maximum Gasteiger partial charge on any atom is 0.274 e. The average Bonchev–Trinajstić information content (AvgIpc) is 3.94. The summed E-state index contributed by atoms with van der Waals surface area (Å²) in [5.74, 6) is -1.42. The summed E-state index contributed by atoms with van der Waals surface area (Å²) in [6.45, 7) is 14.9. The van der Waals surface area contributed by atoms with Crippen molar-refractivity contribution in [3.8, 4) is 0 Å². The van der Waals surface area contributed by atoms with Crippen molar-refractivity contribution in [2.75, 3.05) is 65.8 Å². The zero-order valence-electron chi connectivity index (χ0n) is 41.4. The minimum absolute atomic E-state index is 0.0330. The maximum atomic E-state index is 14.2. The predicted octanol–water partition coefficient (Wildman–Crippen LogP) is 3.91. The molecule has 1 aromatic carbocycles. The van der Waals surface area contributed by atoms with Crippen molar-refractivity contribution in [2.45, 2.75) is 122 Å². The first-order valence-electron chi connectivity index (χ1n) is 25.6.